The molecule has 0 spiro atoms. The van der Waals surface area contributed by atoms with E-state index in [9.17, 15) is 4.79 Å². The van der Waals surface area contributed by atoms with Crippen molar-refractivity contribution in [2.75, 3.05) is 30.4 Å². The normalized spacial score (nSPS) is 18.6. The molecule has 2 atom stereocenters. The molecule has 0 radical (unpaired) electrons. The first-order chi connectivity index (χ1) is 15.9. The fraction of sp³-hybridized carbons (Fsp3) is 0.348. The van der Waals surface area contributed by atoms with Crippen molar-refractivity contribution in [2.45, 2.75) is 25.9 Å². The van der Waals surface area contributed by atoms with Crippen LogP contribution in [-0.2, 0) is 7.05 Å². The molecule has 3 aromatic heterocycles. The summed E-state index contributed by atoms with van der Waals surface area (Å²) in [6, 6.07) is 8.40. The number of pyridine rings is 1. The van der Waals surface area contributed by atoms with E-state index in [4.69, 9.17) is 4.74 Å². The van der Waals surface area contributed by atoms with E-state index in [1.807, 2.05) is 25.2 Å². The standard InChI is InChI=1S/C23H26N8O2/c1-13-11-31(12-14(2)26-13)17-8-7-15(19-16(17)10-25-23(27-19)33-4)22(32)28-21-20-18(30(3)29-21)6-5-9-24-20/h5-10,13-14,26H,11-12H2,1-4H3,(H,28,29,32). The third-order valence-electron chi connectivity index (χ3n) is 5.87. The van der Waals surface area contributed by atoms with Crippen molar-refractivity contribution >= 4 is 39.3 Å². The summed E-state index contributed by atoms with van der Waals surface area (Å²) < 4.78 is 6.94. The first kappa shape index (κ1) is 21.1. The van der Waals surface area contributed by atoms with Crippen molar-refractivity contribution in [1.29, 1.82) is 0 Å². The number of piperazine rings is 1. The largest absolute Gasteiger partial charge is 0.467 e. The highest BCUT2D eigenvalue weighted by atomic mass is 16.5. The second-order valence-corrected chi connectivity index (χ2v) is 8.42. The SMILES string of the molecule is COc1ncc2c(N3CC(C)NC(C)C3)ccc(C(=O)Nc3nn(C)c4cccnc34)c2n1. The van der Waals surface area contributed by atoms with Gasteiger partial charge in [0.2, 0.25) is 0 Å². The number of nitrogens with zero attached hydrogens (tertiary/aromatic N) is 6. The number of fused-ring (bicyclic) bond motifs is 2. The molecule has 4 heterocycles. The Morgan fingerprint density at radius 3 is 2.70 bits per heavy atom. The van der Waals surface area contributed by atoms with Crippen LogP contribution in [0.3, 0.4) is 0 Å². The molecule has 5 rings (SSSR count). The van der Waals surface area contributed by atoms with Crippen LogP contribution in [-0.4, -0.2) is 62.9 Å². The number of nitrogens with one attached hydrogen (secondary N) is 2. The van der Waals surface area contributed by atoms with Crippen LogP contribution in [0.15, 0.2) is 36.7 Å². The van der Waals surface area contributed by atoms with Gasteiger partial charge in [-0.05, 0) is 38.1 Å². The number of aryl methyl sites for hydroxylation is 1. The maximum Gasteiger partial charge on any atom is 0.316 e. The van der Waals surface area contributed by atoms with E-state index in [0.29, 0.717) is 34.5 Å². The van der Waals surface area contributed by atoms with Crippen molar-refractivity contribution in [3.8, 4) is 6.01 Å². The molecule has 1 aromatic carbocycles. The summed E-state index contributed by atoms with van der Waals surface area (Å²) in [7, 11) is 3.33. The lowest BCUT2D eigenvalue weighted by atomic mass is 10.0. The first-order valence-corrected chi connectivity index (χ1v) is 10.9. The summed E-state index contributed by atoms with van der Waals surface area (Å²) in [6.45, 7) is 6.03. The van der Waals surface area contributed by atoms with E-state index in [-0.39, 0.29) is 11.9 Å². The third kappa shape index (κ3) is 3.82. The second-order valence-electron chi connectivity index (χ2n) is 8.42. The average molecular weight is 447 g/mol. The smallest absolute Gasteiger partial charge is 0.316 e. The lowest BCUT2D eigenvalue weighted by Crippen LogP contribution is -2.54. The summed E-state index contributed by atoms with van der Waals surface area (Å²) >= 11 is 0. The van der Waals surface area contributed by atoms with Gasteiger partial charge >= 0.3 is 6.01 Å². The minimum absolute atomic E-state index is 0.209. The number of rotatable bonds is 4. The molecule has 10 nitrogen and oxygen atoms in total. The lowest BCUT2D eigenvalue weighted by Gasteiger charge is -2.38. The number of hydrogen-bond acceptors (Lipinski definition) is 8. The summed E-state index contributed by atoms with van der Waals surface area (Å²) in [5.41, 5.74) is 3.41. The van der Waals surface area contributed by atoms with Crippen LogP contribution in [0.1, 0.15) is 24.2 Å². The Labute approximate surface area is 191 Å². The predicted molar refractivity (Wildman–Crippen MR) is 127 cm³/mol. The van der Waals surface area contributed by atoms with E-state index in [0.717, 1.165) is 29.7 Å². The zero-order valence-corrected chi connectivity index (χ0v) is 19.0. The molecule has 4 aromatic rings. The van der Waals surface area contributed by atoms with Gasteiger partial charge in [-0.3, -0.25) is 14.5 Å². The summed E-state index contributed by atoms with van der Waals surface area (Å²) in [5, 5.41) is 11.7. The van der Waals surface area contributed by atoms with Gasteiger partial charge in [0, 0.05) is 55.7 Å². The molecule has 1 amide bonds. The van der Waals surface area contributed by atoms with E-state index < -0.39 is 0 Å². The maximum absolute atomic E-state index is 13.4. The number of aromatic nitrogens is 5. The number of carbonyl (C=O) groups is 1. The Morgan fingerprint density at radius 2 is 1.94 bits per heavy atom. The van der Waals surface area contributed by atoms with Crippen LogP contribution in [0.2, 0.25) is 0 Å². The minimum atomic E-state index is -0.319. The van der Waals surface area contributed by atoms with E-state index in [2.05, 4.69) is 49.4 Å². The lowest BCUT2D eigenvalue weighted by molar-refractivity contribution is 0.102. The monoisotopic (exact) mass is 446 g/mol. The number of benzene rings is 1. The van der Waals surface area contributed by atoms with Crippen LogP contribution in [0.5, 0.6) is 6.01 Å². The highest BCUT2D eigenvalue weighted by Gasteiger charge is 2.25. The van der Waals surface area contributed by atoms with Crippen molar-refractivity contribution in [1.82, 2.24) is 30.0 Å². The number of anilines is 2. The van der Waals surface area contributed by atoms with Gasteiger partial charge in [-0.15, -0.1) is 0 Å². The van der Waals surface area contributed by atoms with Crippen LogP contribution in [0.4, 0.5) is 11.5 Å². The van der Waals surface area contributed by atoms with Crippen molar-refractivity contribution in [3.63, 3.8) is 0 Å². The highest BCUT2D eigenvalue weighted by molar-refractivity contribution is 6.15. The summed E-state index contributed by atoms with van der Waals surface area (Å²) in [6.07, 6.45) is 3.40. The fourth-order valence-corrected chi connectivity index (χ4v) is 4.52. The Kier molecular flexibility index (Phi) is 5.29. The zero-order valence-electron chi connectivity index (χ0n) is 19.0. The van der Waals surface area contributed by atoms with Gasteiger partial charge in [-0.1, -0.05) is 0 Å². The van der Waals surface area contributed by atoms with Crippen LogP contribution in [0, 0.1) is 0 Å². The molecule has 0 aliphatic carbocycles. The molecule has 33 heavy (non-hydrogen) atoms. The molecule has 1 aliphatic rings. The van der Waals surface area contributed by atoms with Gasteiger partial charge in [-0.2, -0.15) is 10.1 Å². The molecule has 0 saturated carbocycles. The Balaban J connectivity index is 1.57. The molecule has 10 heteroatoms. The Hall–Kier alpha value is -3.79. The molecule has 0 bridgehead atoms. The third-order valence-corrected chi connectivity index (χ3v) is 5.87. The first-order valence-electron chi connectivity index (χ1n) is 10.9. The van der Waals surface area contributed by atoms with E-state index in [1.165, 1.54) is 7.11 Å². The zero-order chi connectivity index (χ0) is 23.1. The predicted octanol–water partition coefficient (Wildman–Crippen LogP) is 2.36. The van der Waals surface area contributed by atoms with Gasteiger partial charge in [0.1, 0.15) is 5.52 Å². The Bertz CT molecular complexity index is 1340. The van der Waals surface area contributed by atoms with E-state index >= 15 is 0 Å². The number of amides is 1. The topological polar surface area (TPSA) is 110 Å². The van der Waals surface area contributed by atoms with Gasteiger partial charge in [-0.25, -0.2) is 4.98 Å². The van der Waals surface area contributed by atoms with Crippen molar-refractivity contribution in [2.24, 2.45) is 7.05 Å². The van der Waals surface area contributed by atoms with Crippen LogP contribution in [0.25, 0.3) is 21.9 Å². The van der Waals surface area contributed by atoms with Crippen LogP contribution >= 0.6 is 0 Å². The quantitative estimate of drug-likeness (QED) is 0.492. The molecular weight excluding hydrogens is 420 g/mol. The highest BCUT2D eigenvalue weighted by Crippen LogP contribution is 2.31. The molecule has 1 fully saturated rings. The summed E-state index contributed by atoms with van der Waals surface area (Å²) in [4.78, 5) is 28.9. The molecule has 1 aliphatic heterocycles. The molecule has 1 saturated heterocycles. The number of hydrogen-bond donors (Lipinski definition) is 2. The Morgan fingerprint density at radius 1 is 1.15 bits per heavy atom. The maximum atomic E-state index is 13.4. The number of ether oxygens (including phenoxy) is 1. The molecule has 2 N–H and O–H groups in total. The number of methoxy groups -OCH3 is 1. The minimum Gasteiger partial charge on any atom is -0.467 e. The summed E-state index contributed by atoms with van der Waals surface area (Å²) in [5.74, 6) is 0.0844. The average Bonchev–Trinajstić information content (AvgIpc) is 3.12. The fourth-order valence-electron chi connectivity index (χ4n) is 4.52. The number of carbonyl (C=O) groups excluding carboxylic acids is 1. The van der Waals surface area contributed by atoms with Gasteiger partial charge in [0.25, 0.3) is 5.91 Å². The van der Waals surface area contributed by atoms with Crippen LogP contribution < -0.4 is 20.3 Å². The van der Waals surface area contributed by atoms with Crippen molar-refractivity contribution < 1.29 is 9.53 Å². The molecule has 170 valence electrons. The molecular formula is C23H26N8O2. The van der Waals surface area contributed by atoms with Gasteiger partial charge < -0.3 is 20.3 Å². The van der Waals surface area contributed by atoms with Gasteiger partial charge in [0.15, 0.2) is 5.82 Å². The van der Waals surface area contributed by atoms with Crippen molar-refractivity contribution in [3.05, 3.63) is 42.2 Å². The molecule has 2 unspecified atom stereocenters. The second kappa shape index (κ2) is 8.28. The van der Waals surface area contributed by atoms with Gasteiger partial charge in [0.05, 0.1) is 23.7 Å². The van der Waals surface area contributed by atoms with E-state index in [1.54, 1.807) is 23.1 Å².